The van der Waals surface area contributed by atoms with E-state index in [4.69, 9.17) is 27.9 Å². The lowest BCUT2D eigenvalue weighted by Crippen LogP contribution is -2.25. The summed E-state index contributed by atoms with van der Waals surface area (Å²) in [4.78, 5) is 23.3. The predicted molar refractivity (Wildman–Crippen MR) is 110 cm³/mol. The molecule has 1 atom stereocenters. The SMILES string of the molecule is Cc1c(Cl)cnn1C(C)C(=O)Nc1cc(Oc2ccc(Cl)cc2)cc([N+](=O)[O-])c1. The van der Waals surface area contributed by atoms with E-state index < -0.39 is 16.9 Å². The molecule has 0 spiro atoms. The van der Waals surface area contributed by atoms with Gasteiger partial charge in [-0.15, -0.1) is 0 Å². The number of ether oxygens (including phenoxy) is 1. The van der Waals surface area contributed by atoms with Crippen LogP contribution in [0.2, 0.25) is 10.0 Å². The first-order valence-electron chi connectivity index (χ1n) is 8.48. The number of hydrogen-bond acceptors (Lipinski definition) is 5. The van der Waals surface area contributed by atoms with E-state index in [1.807, 2.05) is 0 Å². The van der Waals surface area contributed by atoms with E-state index >= 15 is 0 Å². The van der Waals surface area contributed by atoms with Gasteiger partial charge in [0.25, 0.3) is 5.69 Å². The summed E-state index contributed by atoms with van der Waals surface area (Å²) in [6.07, 6.45) is 1.45. The van der Waals surface area contributed by atoms with Gasteiger partial charge in [0, 0.05) is 17.2 Å². The average Bonchev–Trinajstić information content (AvgIpc) is 3.01. The van der Waals surface area contributed by atoms with Gasteiger partial charge in [0.05, 0.1) is 33.6 Å². The Balaban J connectivity index is 1.85. The number of nitrogens with zero attached hydrogens (tertiary/aromatic N) is 3. The van der Waals surface area contributed by atoms with Crippen molar-refractivity contribution in [3.63, 3.8) is 0 Å². The Morgan fingerprint density at radius 2 is 1.90 bits per heavy atom. The molecule has 150 valence electrons. The third kappa shape index (κ3) is 4.85. The van der Waals surface area contributed by atoms with Crippen molar-refractivity contribution in [1.29, 1.82) is 0 Å². The molecule has 8 nitrogen and oxygen atoms in total. The number of aromatic nitrogens is 2. The number of benzene rings is 2. The van der Waals surface area contributed by atoms with Gasteiger partial charge in [-0.05, 0) is 38.1 Å². The van der Waals surface area contributed by atoms with Gasteiger partial charge in [-0.3, -0.25) is 19.6 Å². The fourth-order valence-electron chi connectivity index (χ4n) is 2.61. The minimum atomic E-state index is -0.678. The van der Waals surface area contributed by atoms with Crippen LogP contribution in [0.3, 0.4) is 0 Å². The van der Waals surface area contributed by atoms with Crippen molar-refractivity contribution in [2.75, 3.05) is 5.32 Å². The lowest BCUT2D eigenvalue weighted by atomic mass is 10.2. The zero-order valence-electron chi connectivity index (χ0n) is 15.4. The van der Waals surface area contributed by atoms with Gasteiger partial charge in [0.1, 0.15) is 17.5 Å². The van der Waals surface area contributed by atoms with E-state index in [0.717, 1.165) is 0 Å². The molecule has 0 saturated carbocycles. The highest BCUT2D eigenvalue weighted by atomic mass is 35.5. The Hall–Kier alpha value is -3.10. The fraction of sp³-hybridized carbons (Fsp3) is 0.158. The maximum absolute atomic E-state index is 12.6. The molecule has 0 fully saturated rings. The normalized spacial score (nSPS) is 11.7. The average molecular weight is 435 g/mol. The van der Waals surface area contributed by atoms with Crippen LogP contribution in [0.1, 0.15) is 18.7 Å². The number of hydrogen-bond donors (Lipinski definition) is 1. The molecule has 0 bridgehead atoms. The van der Waals surface area contributed by atoms with Crippen molar-refractivity contribution in [2.45, 2.75) is 19.9 Å². The number of nitro benzene ring substituents is 1. The maximum Gasteiger partial charge on any atom is 0.275 e. The third-order valence-electron chi connectivity index (χ3n) is 4.15. The minimum Gasteiger partial charge on any atom is -0.457 e. The van der Waals surface area contributed by atoms with Gasteiger partial charge < -0.3 is 10.1 Å². The molecule has 2 aromatic carbocycles. The quantitative estimate of drug-likeness (QED) is 0.413. The standard InChI is InChI=1S/C19H16Cl2N4O4/c1-11-18(21)10-22-24(11)12(2)19(26)23-14-7-15(25(27)28)9-17(8-14)29-16-5-3-13(20)4-6-16/h3-10,12H,1-2H3,(H,23,26). The second kappa shape index (κ2) is 8.50. The van der Waals surface area contributed by atoms with Crippen LogP contribution in [-0.2, 0) is 4.79 Å². The van der Waals surface area contributed by atoms with Crippen LogP contribution < -0.4 is 10.1 Å². The van der Waals surface area contributed by atoms with Crippen LogP contribution in [0.4, 0.5) is 11.4 Å². The van der Waals surface area contributed by atoms with Crippen LogP contribution in [0.5, 0.6) is 11.5 Å². The van der Waals surface area contributed by atoms with E-state index in [1.165, 1.54) is 29.1 Å². The highest BCUT2D eigenvalue weighted by Gasteiger charge is 2.20. The Labute approximate surface area is 176 Å². The summed E-state index contributed by atoms with van der Waals surface area (Å²) in [6, 6.07) is 9.87. The molecule has 0 aliphatic heterocycles. The zero-order chi connectivity index (χ0) is 21.1. The number of carbonyl (C=O) groups is 1. The number of rotatable bonds is 6. The van der Waals surface area contributed by atoms with E-state index in [1.54, 1.807) is 38.1 Å². The molecule has 0 aliphatic rings. The first-order chi connectivity index (χ1) is 13.7. The largest absolute Gasteiger partial charge is 0.457 e. The molecule has 3 aromatic rings. The highest BCUT2D eigenvalue weighted by molar-refractivity contribution is 6.31. The van der Waals surface area contributed by atoms with Gasteiger partial charge >= 0.3 is 0 Å². The van der Waals surface area contributed by atoms with E-state index in [0.29, 0.717) is 21.5 Å². The van der Waals surface area contributed by atoms with Crippen molar-refractivity contribution in [1.82, 2.24) is 9.78 Å². The summed E-state index contributed by atoms with van der Waals surface area (Å²) in [7, 11) is 0. The monoisotopic (exact) mass is 434 g/mol. The van der Waals surface area contributed by atoms with Gasteiger partial charge in [-0.2, -0.15) is 5.10 Å². The number of non-ortho nitro benzene ring substituents is 1. The molecule has 10 heteroatoms. The van der Waals surface area contributed by atoms with E-state index in [2.05, 4.69) is 10.4 Å². The van der Waals surface area contributed by atoms with Gasteiger partial charge in [0.2, 0.25) is 5.91 Å². The second-order valence-corrected chi connectivity index (χ2v) is 7.06. The molecular formula is C19H16Cl2N4O4. The van der Waals surface area contributed by atoms with Crippen molar-refractivity contribution in [2.24, 2.45) is 0 Å². The van der Waals surface area contributed by atoms with Crippen LogP contribution >= 0.6 is 23.2 Å². The Bertz CT molecular complexity index is 1070. The molecular weight excluding hydrogens is 419 g/mol. The minimum absolute atomic E-state index is 0.197. The fourth-order valence-corrected chi connectivity index (χ4v) is 2.87. The number of halogens is 2. The van der Waals surface area contributed by atoms with Crippen LogP contribution in [0.25, 0.3) is 0 Å². The number of nitro groups is 1. The summed E-state index contributed by atoms with van der Waals surface area (Å²) >= 11 is 11.8. The number of anilines is 1. The van der Waals surface area contributed by atoms with Gasteiger partial charge in [0.15, 0.2) is 0 Å². The first-order valence-corrected chi connectivity index (χ1v) is 9.23. The summed E-state index contributed by atoms with van der Waals surface area (Å²) in [5, 5.41) is 19.0. The van der Waals surface area contributed by atoms with Crippen molar-refractivity contribution >= 4 is 40.5 Å². The van der Waals surface area contributed by atoms with Crippen molar-refractivity contribution < 1.29 is 14.5 Å². The van der Waals surface area contributed by atoms with Crippen molar-refractivity contribution in [3.8, 4) is 11.5 Å². The molecule has 29 heavy (non-hydrogen) atoms. The van der Waals surface area contributed by atoms with E-state index in [-0.39, 0.29) is 17.1 Å². The molecule has 1 heterocycles. The molecule has 0 radical (unpaired) electrons. The summed E-state index contributed by atoms with van der Waals surface area (Å²) in [5.41, 5.74) is 0.633. The first kappa shape index (κ1) is 20.6. The Kier molecular flexibility index (Phi) is 6.05. The molecule has 1 N–H and O–H groups in total. The van der Waals surface area contributed by atoms with Gasteiger partial charge in [-0.1, -0.05) is 23.2 Å². The molecule has 1 unspecified atom stereocenters. The second-order valence-electron chi connectivity index (χ2n) is 6.22. The molecule has 0 saturated heterocycles. The maximum atomic E-state index is 12.6. The summed E-state index contributed by atoms with van der Waals surface area (Å²) in [5.74, 6) is 0.232. The molecule has 0 aliphatic carbocycles. The lowest BCUT2D eigenvalue weighted by molar-refractivity contribution is -0.384. The lowest BCUT2D eigenvalue weighted by Gasteiger charge is -2.15. The number of carbonyl (C=O) groups excluding carboxylic acids is 1. The van der Waals surface area contributed by atoms with E-state index in [9.17, 15) is 14.9 Å². The number of amides is 1. The summed E-state index contributed by atoms with van der Waals surface area (Å²) in [6.45, 7) is 3.39. The predicted octanol–water partition coefficient (Wildman–Crippen LogP) is 5.40. The highest BCUT2D eigenvalue weighted by Crippen LogP contribution is 2.31. The van der Waals surface area contributed by atoms with Crippen molar-refractivity contribution in [3.05, 3.63) is 74.5 Å². The number of nitrogens with one attached hydrogen (secondary N) is 1. The van der Waals surface area contributed by atoms with Gasteiger partial charge in [-0.25, -0.2) is 0 Å². The van der Waals surface area contributed by atoms with Crippen LogP contribution in [0, 0.1) is 17.0 Å². The summed E-state index contributed by atoms with van der Waals surface area (Å²) < 4.78 is 7.14. The molecule has 1 amide bonds. The third-order valence-corrected chi connectivity index (χ3v) is 4.77. The van der Waals surface area contributed by atoms with Crippen LogP contribution in [-0.4, -0.2) is 20.6 Å². The molecule has 1 aromatic heterocycles. The molecule has 3 rings (SSSR count). The smallest absolute Gasteiger partial charge is 0.275 e. The topological polar surface area (TPSA) is 99.3 Å². The zero-order valence-corrected chi connectivity index (χ0v) is 16.9. The van der Waals surface area contributed by atoms with Crippen LogP contribution in [0.15, 0.2) is 48.7 Å². The Morgan fingerprint density at radius 1 is 1.21 bits per heavy atom. The Morgan fingerprint density at radius 3 is 2.48 bits per heavy atom.